The number of halogens is 1. The smallest absolute Gasteiger partial charge is 0.310 e. The van der Waals surface area contributed by atoms with E-state index < -0.39 is 11.4 Å². The molecule has 18 heavy (non-hydrogen) atoms. The molecule has 4 N–H and O–H groups in total. The zero-order chi connectivity index (χ0) is 13.9. The first-order valence-corrected chi connectivity index (χ1v) is 6.10. The SMILES string of the molecule is CC(C)(CNC(=O)c1ccc(N)c(Br)c1)C(=O)O. The summed E-state index contributed by atoms with van der Waals surface area (Å²) in [6.45, 7) is 3.16. The molecule has 0 atom stereocenters. The number of carboxylic acid groups (broad SMARTS) is 1. The van der Waals surface area contributed by atoms with E-state index in [2.05, 4.69) is 21.2 Å². The van der Waals surface area contributed by atoms with Crippen molar-refractivity contribution in [1.29, 1.82) is 0 Å². The maximum Gasteiger partial charge on any atom is 0.310 e. The third-order valence-electron chi connectivity index (χ3n) is 2.53. The monoisotopic (exact) mass is 314 g/mol. The summed E-state index contributed by atoms with van der Waals surface area (Å²) in [7, 11) is 0. The van der Waals surface area contributed by atoms with Gasteiger partial charge in [-0.15, -0.1) is 0 Å². The first-order chi connectivity index (χ1) is 8.24. The first kappa shape index (κ1) is 14.5. The van der Waals surface area contributed by atoms with Gasteiger partial charge in [0.25, 0.3) is 5.91 Å². The van der Waals surface area contributed by atoms with Crippen LogP contribution in [0.25, 0.3) is 0 Å². The average molecular weight is 315 g/mol. The minimum Gasteiger partial charge on any atom is -0.481 e. The Hall–Kier alpha value is -1.56. The molecule has 0 aromatic heterocycles. The van der Waals surface area contributed by atoms with Crippen LogP contribution >= 0.6 is 15.9 Å². The molecule has 6 heteroatoms. The number of benzene rings is 1. The lowest BCUT2D eigenvalue weighted by atomic mass is 9.94. The van der Waals surface area contributed by atoms with Crippen LogP contribution in [0.5, 0.6) is 0 Å². The number of carbonyl (C=O) groups is 2. The molecule has 0 aliphatic carbocycles. The number of hydrogen-bond acceptors (Lipinski definition) is 3. The van der Waals surface area contributed by atoms with Crippen LogP contribution < -0.4 is 11.1 Å². The van der Waals surface area contributed by atoms with E-state index in [1.165, 1.54) is 0 Å². The number of hydrogen-bond donors (Lipinski definition) is 3. The van der Waals surface area contributed by atoms with Gasteiger partial charge in [0, 0.05) is 22.3 Å². The van der Waals surface area contributed by atoms with Crippen molar-refractivity contribution in [3.63, 3.8) is 0 Å². The zero-order valence-corrected chi connectivity index (χ0v) is 11.7. The van der Waals surface area contributed by atoms with Gasteiger partial charge >= 0.3 is 5.97 Å². The molecule has 0 aliphatic rings. The summed E-state index contributed by atoms with van der Waals surface area (Å²) in [5, 5.41) is 11.5. The van der Waals surface area contributed by atoms with Gasteiger partial charge in [0.15, 0.2) is 0 Å². The topological polar surface area (TPSA) is 92.4 Å². The lowest BCUT2D eigenvalue weighted by molar-refractivity contribution is -0.146. The maximum atomic E-state index is 11.8. The Morgan fingerprint density at radius 3 is 2.56 bits per heavy atom. The van der Waals surface area contributed by atoms with Crippen molar-refractivity contribution in [3.05, 3.63) is 28.2 Å². The van der Waals surface area contributed by atoms with Gasteiger partial charge in [0.2, 0.25) is 0 Å². The van der Waals surface area contributed by atoms with Crippen molar-refractivity contribution < 1.29 is 14.7 Å². The summed E-state index contributed by atoms with van der Waals surface area (Å²) in [6, 6.07) is 4.79. The van der Waals surface area contributed by atoms with E-state index in [1.54, 1.807) is 32.0 Å². The lowest BCUT2D eigenvalue weighted by Crippen LogP contribution is -2.38. The maximum absolute atomic E-state index is 11.8. The van der Waals surface area contributed by atoms with E-state index in [1.807, 2.05) is 0 Å². The summed E-state index contributed by atoms with van der Waals surface area (Å²) in [4.78, 5) is 22.7. The minimum absolute atomic E-state index is 0.0587. The Kier molecular flexibility index (Phi) is 4.34. The Bertz CT molecular complexity index is 486. The predicted octanol–water partition coefficient (Wildman–Crippen LogP) is 1.87. The predicted molar refractivity (Wildman–Crippen MR) is 72.3 cm³/mol. The van der Waals surface area contributed by atoms with Crippen LogP contribution in [0, 0.1) is 5.41 Å². The standard InChI is InChI=1S/C12H15BrN2O3/c1-12(2,11(17)18)6-15-10(16)7-3-4-9(14)8(13)5-7/h3-5H,6,14H2,1-2H3,(H,15,16)(H,17,18). The number of carboxylic acids is 1. The second-order valence-corrected chi connectivity index (χ2v) is 5.46. The Balaban J connectivity index is 2.72. The largest absolute Gasteiger partial charge is 0.481 e. The van der Waals surface area contributed by atoms with Gasteiger partial charge in [-0.2, -0.15) is 0 Å². The number of rotatable bonds is 4. The highest BCUT2D eigenvalue weighted by molar-refractivity contribution is 9.10. The molecule has 1 amide bonds. The van der Waals surface area contributed by atoms with Crippen molar-refractivity contribution in [3.8, 4) is 0 Å². The van der Waals surface area contributed by atoms with E-state index in [-0.39, 0.29) is 12.5 Å². The molecule has 0 fully saturated rings. The van der Waals surface area contributed by atoms with Gasteiger partial charge in [0.1, 0.15) is 0 Å². The molecule has 0 radical (unpaired) electrons. The molecule has 0 heterocycles. The first-order valence-electron chi connectivity index (χ1n) is 5.30. The van der Waals surface area contributed by atoms with E-state index in [4.69, 9.17) is 10.8 Å². The number of nitrogens with one attached hydrogen (secondary N) is 1. The molecule has 1 rings (SSSR count). The van der Waals surface area contributed by atoms with Gasteiger partial charge in [-0.1, -0.05) is 0 Å². The second kappa shape index (κ2) is 5.39. The van der Waals surface area contributed by atoms with Crippen molar-refractivity contribution in [2.24, 2.45) is 5.41 Å². The summed E-state index contributed by atoms with van der Waals surface area (Å²) in [5.74, 6) is -1.29. The van der Waals surface area contributed by atoms with Crippen LogP contribution in [0.2, 0.25) is 0 Å². The third kappa shape index (κ3) is 3.46. The van der Waals surface area contributed by atoms with Crippen LogP contribution in [0.4, 0.5) is 5.69 Å². The molecule has 0 saturated carbocycles. The second-order valence-electron chi connectivity index (χ2n) is 4.61. The number of anilines is 1. The third-order valence-corrected chi connectivity index (χ3v) is 3.22. The molecule has 0 bridgehead atoms. The number of carbonyl (C=O) groups excluding carboxylic acids is 1. The van der Waals surface area contributed by atoms with E-state index in [0.29, 0.717) is 15.7 Å². The molecule has 98 valence electrons. The Morgan fingerprint density at radius 2 is 2.06 bits per heavy atom. The Morgan fingerprint density at radius 1 is 1.44 bits per heavy atom. The fraction of sp³-hybridized carbons (Fsp3) is 0.333. The quantitative estimate of drug-likeness (QED) is 0.740. The van der Waals surface area contributed by atoms with Crippen molar-refractivity contribution in [2.75, 3.05) is 12.3 Å². The zero-order valence-electron chi connectivity index (χ0n) is 10.2. The van der Waals surface area contributed by atoms with Crippen molar-refractivity contribution in [2.45, 2.75) is 13.8 Å². The number of aliphatic carboxylic acids is 1. The Labute approximate surface area is 113 Å². The fourth-order valence-corrected chi connectivity index (χ4v) is 1.53. The van der Waals surface area contributed by atoms with Gasteiger partial charge < -0.3 is 16.2 Å². The number of nitrogen functional groups attached to an aromatic ring is 1. The van der Waals surface area contributed by atoms with Gasteiger partial charge in [-0.05, 0) is 48.0 Å². The van der Waals surface area contributed by atoms with E-state index in [0.717, 1.165) is 0 Å². The molecule has 5 nitrogen and oxygen atoms in total. The molecule has 1 aromatic rings. The van der Waals surface area contributed by atoms with Crippen LogP contribution in [-0.2, 0) is 4.79 Å². The molecule has 0 aliphatic heterocycles. The minimum atomic E-state index is -0.999. The summed E-state index contributed by atoms with van der Waals surface area (Å²) in [6.07, 6.45) is 0. The molecule has 1 aromatic carbocycles. The van der Waals surface area contributed by atoms with Gasteiger partial charge in [0.05, 0.1) is 5.41 Å². The fourth-order valence-electron chi connectivity index (χ4n) is 1.15. The van der Waals surface area contributed by atoms with Crippen LogP contribution in [0.15, 0.2) is 22.7 Å². The highest BCUT2D eigenvalue weighted by Gasteiger charge is 2.27. The van der Waals surface area contributed by atoms with Crippen molar-refractivity contribution >= 4 is 33.5 Å². The molecule has 0 saturated heterocycles. The number of amides is 1. The summed E-state index contributed by atoms with van der Waals surface area (Å²) in [5.41, 5.74) is 5.58. The number of nitrogens with two attached hydrogens (primary N) is 1. The van der Waals surface area contributed by atoms with E-state index >= 15 is 0 Å². The molecule has 0 spiro atoms. The van der Waals surface area contributed by atoms with Crippen LogP contribution in [-0.4, -0.2) is 23.5 Å². The van der Waals surface area contributed by atoms with Crippen LogP contribution in [0.1, 0.15) is 24.2 Å². The van der Waals surface area contributed by atoms with Crippen molar-refractivity contribution in [1.82, 2.24) is 5.32 Å². The summed E-state index contributed by atoms with van der Waals surface area (Å²) < 4.78 is 0.632. The molecular weight excluding hydrogens is 300 g/mol. The lowest BCUT2D eigenvalue weighted by Gasteiger charge is -2.19. The van der Waals surface area contributed by atoms with Gasteiger partial charge in [-0.25, -0.2) is 0 Å². The highest BCUT2D eigenvalue weighted by atomic mass is 79.9. The highest BCUT2D eigenvalue weighted by Crippen LogP contribution is 2.20. The van der Waals surface area contributed by atoms with Crippen LogP contribution in [0.3, 0.4) is 0 Å². The van der Waals surface area contributed by atoms with Gasteiger partial charge in [-0.3, -0.25) is 9.59 Å². The van der Waals surface area contributed by atoms with E-state index in [9.17, 15) is 9.59 Å². The molecule has 0 unspecified atom stereocenters. The normalized spacial score (nSPS) is 11.1. The molecular formula is C12H15BrN2O3. The average Bonchev–Trinajstić information content (AvgIpc) is 2.29. The summed E-state index contributed by atoms with van der Waals surface area (Å²) >= 11 is 3.23.